The van der Waals surface area contributed by atoms with Crippen LogP contribution in [0.3, 0.4) is 0 Å². The Bertz CT molecular complexity index is 767. The first-order valence-corrected chi connectivity index (χ1v) is 6.88. The number of hydrogen-bond acceptors (Lipinski definition) is 2. The molecule has 1 aromatic heterocycles. The molecule has 4 nitrogen and oxygen atoms in total. The first-order valence-electron chi connectivity index (χ1n) is 6.88. The first kappa shape index (κ1) is 13.2. The number of imidazole rings is 1. The van der Waals surface area contributed by atoms with Crippen LogP contribution in [0.15, 0.2) is 65.7 Å². The normalized spacial score (nSPS) is 10.5. The number of rotatable bonds is 4. The van der Waals surface area contributed by atoms with Crippen LogP contribution >= 0.6 is 0 Å². The van der Waals surface area contributed by atoms with E-state index in [1.165, 1.54) is 11.1 Å². The van der Waals surface area contributed by atoms with E-state index in [1.807, 2.05) is 24.3 Å². The van der Waals surface area contributed by atoms with E-state index >= 15 is 0 Å². The summed E-state index contributed by atoms with van der Waals surface area (Å²) in [5, 5.41) is 3.37. The zero-order chi connectivity index (χ0) is 14.7. The number of hydrogen-bond donors (Lipinski definition) is 2. The maximum absolute atomic E-state index is 11.5. The van der Waals surface area contributed by atoms with Crippen molar-refractivity contribution < 1.29 is 0 Å². The van der Waals surface area contributed by atoms with Crippen molar-refractivity contribution in [1.82, 2.24) is 9.55 Å². The van der Waals surface area contributed by atoms with Crippen molar-refractivity contribution in [2.75, 3.05) is 5.32 Å². The Morgan fingerprint density at radius 2 is 1.76 bits per heavy atom. The fraction of sp³-hybridized carbons (Fsp3) is 0.118. The van der Waals surface area contributed by atoms with E-state index in [-0.39, 0.29) is 5.69 Å². The van der Waals surface area contributed by atoms with Crippen LogP contribution in [0, 0.1) is 6.92 Å². The predicted octanol–water partition coefficient (Wildman–Crippen LogP) is 3.09. The lowest BCUT2D eigenvalue weighted by atomic mass is 10.1. The number of anilines is 1. The molecule has 4 heteroatoms. The minimum Gasteiger partial charge on any atom is -0.381 e. The van der Waals surface area contributed by atoms with E-state index in [0.717, 1.165) is 17.9 Å². The maximum atomic E-state index is 11.5. The van der Waals surface area contributed by atoms with Crippen molar-refractivity contribution in [3.05, 3.63) is 82.5 Å². The van der Waals surface area contributed by atoms with Gasteiger partial charge in [-0.15, -0.1) is 0 Å². The average Bonchev–Trinajstić information content (AvgIpc) is 2.93. The van der Waals surface area contributed by atoms with Gasteiger partial charge in [0.2, 0.25) is 0 Å². The second kappa shape index (κ2) is 5.71. The molecule has 3 rings (SSSR count). The third-order valence-corrected chi connectivity index (χ3v) is 3.41. The van der Waals surface area contributed by atoms with E-state index in [1.54, 1.807) is 17.0 Å². The van der Waals surface area contributed by atoms with Crippen molar-refractivity contribution in [1.29, 1.82) is 0 Å². The van der Waals surface area contributed by atoms with Gasteiger partial charge in [-0.05, 0) is 36.8 Å². The van der Waals surface area contributed by atoms with Gasteiger partial charge in [0.05, 0.1) is 5.69 Å². The van der Waals surface area contributed by atoms with Crippen LogP contribution in [0.2, 0.25) is 0 Å². The second-order valence-corrected chi connectivity index (χ2v) is 5.02. The van der Waals surface area contributed by atoms with Gasteiger partial charge in [-0.1, -0.05) is 29.8 Å². The molecule has 0 unspecified atom stereocenters. The highest BCUT2D eigenvalue weighted by Gasteiger charge is 2.00. The molecule has 0 saturated heterocycles. The summed E-state index contributed by atoms with van der Waals surface area (Å²) < 4.78 is 1.57. The molecule has 0 saturated carbocycles. The van der Waals surface area contributed by atoms with E-state index < -0.39 is 0 Å². The summed E-state index contributed by atoms with van der Waals surface area (Å²) in [4.78, 5) is 14.2. The lowest BCUT2D eigenvalue weighted by Crippen LogP contribution is -2.13. The molecule has 0 aliphatic rings. The molecule has 0 aliphatic carbocycles. The number of nitrogens with one attached hydrogen (secondary N) is 2. The summed E-state index contributed by atoms with van der Waals surface area (Å²) in [6.07, 6.45) is 3.35. The topological polar surface area (TPSA) is 49.8 Å². The van der Waals surface area contributed by atoms with Crippen molar-refractivity contribution in [3.8, 4) is 5.69 Å². The summed E-state index contributed by atoms with van der Waals surface area (Å²) in [6.45, 7) is 2.86. The maximum Gasteiger partial charge on any atom is 0.330 e. The molecule has 21 heavy (non-hydrogen) atoms. The number of benzene rings is 2. The summed E-state index contributed by atoms with van der Waals surface area (Å²) in [6, 6.07) is 16.3. The molecule has 0 amide bonds. The highest BCUT2D eigenvalue weighted by atomic mass is 16.1. The van der Waals surface area contributed by atoms with Gasteiger partial charge < -0.3 is 10.3 Å². The highest BCUT2D eigenvalue weighted by Crippen LogP contribution is 2.13. The lowest BCUT2D eigenvalue weighted by Gasteiger charge is -2.08. The molecule has 0 radical (unpaired) electrons. The van der Waals surface area contributed by atoms with Crippen LogP contribution in [0.4, 0.5) is 5.69 Å². The molecule has 2 N–H and O–H groups in total. The number of aromatic nitrogens is 2. The van der Waals surface area contributed by atoms with E-state index in [2.05, 4.69) is 41.5 Å². The van der Waals surface area contributed by atoms with Crippen molar-refractivity contribution >= 4 is 5.69 Å². The van der Waals surface area contributed by atoms with Gasteiger partial charge in [0.1, 0.15) is 0 Å². The fourth-order valence-electron chi connectivity index (χ4n) is 2.17. The highest BCUT2D eigenvalue weighted by molar-refractivity contribution is 5.49. The predicted molar refractivity (Wildman–Crippen MR) is 84.9 cm³/mol. The molecule has 2 aromatic carbocycles. The Kier molecular flexibility index (Phi) is 3.60. The van der Waals surface area contributed by atoms with E-state index in [4.69, 9.17) is 0 Å². The van der Waals surface area contributed by atoms with Gasteiger partial charge in [-0.3, -0.25) is 4.57 Å². The monoisotopic (exact) mass is 279 g/mol. The van der Waals surface area contributed by atoms with Gasteiger partial charge in [-0.2, -0.15) is 0 Å². The molecule has 106 valence electrons. The second-order valence-electron chi connectivity index (χ2n) is 5.02. The van der Waals surface area contributed by atoms with E-state index in [0.29, 0.717) is 0 Å². The smallest absolute Gasteiger partial charge is 0.330 e. The van der Waals surface area contributed by atoms with Crippen molar-refractivity contribution in [2.45, 2.75) is 13.5 Å². The van der Waals surface area contributed by atoms with Gasteiger partial charge in [0.25, 0.3) is 0 Å². The zero-order valence-electron chi connectivity index (χ0n) is 11.8. The van der Waals surface area contributed by atoms with Crippen molar-refractivity contribution in [2.24, 2.45) is 0 Å². The third kappa shape index (κ3) is 3.05. The van der Waals surface area contributed by atoms with Gasteiger partial charge in [0.15, 0.2) is 0 Å². The molecule has 0 spiro atoms. The van der Waals surface area contributed by atoms with Crippen molar-refractivity contribution in [3.63, 3.8) is 0 Å². The molecule has 0 fully saturated rings. The van der Waals surface area contributed by atoms with Gasteiger partial charge in [-0.25, -0.2) is 4.79 Å². The minimum atomic E-state index is -0.129. The summed E-state index contributed by atoms with van der Waals surface area (Å²) >= 11 is 0. The molecule has 1 heterocycles. The molecule has 0 aliphatic heterocycles. The molecule has 0 atom stereocenters. The Morgan fingerprint density at radius 1 is 1.05 bits per heavy atom. The van der Waals surface area contributed by atoms with Crippen LogP contribution < -0.4 is 11.0 Å². The zero-order valence-corrected chi connectivity index (χ0v) is 11.8. The fourth-order valence-corrected chi connectivity index (χ4v) is 2.17. The summed E-state index contributed by atoms with van der Waals surface area (Å²) in [7, 11) is 0. The van der Waals surface area contributed by atoms with Gasteiger partial charge in [0, 0.05) is 24.6 Å². The van der Waals surface area contributed by atoms with Crippen LogP contribution in [0.1, 0.15) is 11.1 Å². The van der Waals surface area contributed by atoms with Gasteiger partial charge >= 0.3 is 5.69 Å². The Balaban J connectivity index is 1.69. The number of aromatic amines is 1. The van der Waals surface area contributed by atoms with Crippen LogP contribution in [-0.2, 0) is 6.54 Å². The molecule has 0 bridgehead atoms. The SMILES string of the molecule is Cc1ccc(CNc2ccc(-n3cc[nH]c3=O)cc2)cc1. The molecular formula is C17H17N3O. The lowest BCUT2D eigenvalue weighted by molar-refractivity contribution is 0.987. The number of aryl methyl sites for hydroxylation is 1. The summed E-state index contributed by atoms with van der Waals surface area (Å²) in [5.74, 6) is 0. The van der Waals surface area contributed by atoms with Crippen LogP contribution in [0.5, 0.6) is 0 Å². The van der Waals surface area contributed by atoms with Crippen LogP contribution in [0.25, 0.3) is 5.69 Å². The average molecular weight is 279 g/mol. The quantitative estimate of drug-likeness (QED) is 0.771. The summed E-state index contributed by atoms with van der Waals surface area (Å²) in [5.41, 5.74) is 4.26. The Morgan fingerprint density at radius 3 is 2.38 bits per heavy atom. The molecular weight excluding hydrogens is 262 g/mol. The van der Waals surface area contributed by atoms with E-state index in [9.17, 15) is 4.79 Å². The third-order valence-electron chi connectivity index (χ3n) is 3.41. The Labute approximate surface area is 123 Å². The minimum absolute atomic E-state index is 0.129. The molecule has 3 aromatic rings. The largest absolute Gasteiger partial charge is 0.381 e. The number of nitrogens with zero attached hydrogens (tertiary/aromatic N) is 1. The standard InChI is InChI=1S/C17H17N3O/c1-13-2-4-14(5-3-13)12-19-15-6-8-16(9-7-15)20-11-10-18-17(20)21/h2-11,19H,12H2,1H3,(H,18,21). The Hall–Kier alpha value is -2.75. The number of H-pyrrole nitrogens is 1. The van der Waals surface area contributed by atoms with Crippen LogP contribution in [-0.4, -0.2) is 9.55 Å². The first-order chi connectivity index (χ1) is 10.2.